The van der Waals surface area contributed by atoms with Crippen molar-refractivity contribution in [1.29, 1.82) is 0 Å². The highest BCUT2D eigenvalue weighted by molar-refractivity contribution is 9.09. The number of aryl methyl sites for hydroxylation is 2. The van der Waals surface area contributed by atoms with Gasteiger partial charge in [-0.25, -0.2) is 0 Å². The molecule has 86 valence electrons. The van der Waals surface area contributed by atoms with Gasteiger partial charge in [0.2, 0.25) is 0 Å². The molecule has 1 unspecified atom stereocenters. The van der Waals surface area contributed by atoms with Gasteiger partial charge in [-0.15, -0.1) is 0 Å². The van der Waals surface area contributed by atoms with Crippen LogP contribution in [-0.2, 0) is 13.5 Å². The average Bonchev–Trinajstić information content (AvgIpc) is 2.60. The minimum Gasteiger partial charge on any atom is -0.273 e. The van der Waals surface area contributed by atoms with Gasteiger partial charge in [0, 0.05) is 24.3 Å². The maximum absolute atomic E-state index is 4.19. The fraction of sp³-hybridized carbons (Fsp3) is 0.750. The van der Waals surface area contributed by atoms with E-state index in [-0.39, 0.29) is 0 Å². The van der Waals surface area contributed by atoms with E-state index in [9.17, 15) is 0 Å². The molecule has 0 bridgehead atoms. The van der Waals surface area contributed by atoms with Crippen LogP contribution < -0.4 is 0 Å². The minimum atomic E-state index is 0.379. The van der Waals surface area contributed by atoms with Crippen molar-refractivity contribution in [2.24, 2.45) is 18.4 Å². The largest absolute Gasteiger partial charge is 0.273 e. The zero-order valence-electron chi connectivity index (χ0n) is 10.1. The molecule has 1 aromatic heterocycles. The van der Waals surface area contributed by atoms with Crippen molar-refractivity contribution < 1.29 is 0 Å². The van der Waals surface area contributed by atoms with Crippen molar-refractivity contribution in [2.75, 3.05) is 5.33 Å². The highest BCUT2D eigenvalue weighted by Crippen LogP contribution is 2.34. The maximum Gasteiger partial charge on any atom is 0.0492 e. The zero-order valence-corrected chi connectivity index (χ0v) is 11.7. The van der Waals surface area contributed by atoms with E-state index < -0.39 is 0 Å². The molecule has 1 rings (SSSR count). The van der Waals surface area contributed by atoms with E-state index in [0.29, 0.717) is 11.3 Å². The molecule has 0 saturated heterocycles. The van der Waals surface area contributed by atoms with Crippen molar-refractivity contribution in [1.82, 2.24) is 9.78 Å². The van der Waals surface area contributed by atoms with Gasteiger partial charge in [0.15, 0.2) is 0 Å². The van der Waals surface area contributed by atoms with Gasteiger partial charge >= 0.3 is 0 Å². The zero-order chi connectivity index (χ0) is 11.5. The van der Waals surface area contributed by atoms with Crippen LogP contribution >= 0.6 is 15.9 Å². The van der Waals surface area contributed by atoms with E-state index in [1.54, 1.807) is 0 Å². The van der Waals surface area contributed by atoms with Crippen LogP contribution in [0.15, 0.2) is 12.3 Å². The van der Waals surface area contributed by atoms with Gasteiger partial charge in [-0.3, -0.25) is 4.68 Å². The summed E-state index contributed by atoms with van der Waals surface area (Å²) in [7, 11) is 2.01. The molecule has 1 heterocycles. The molecule has 0 spiro atoms. The Balaban J connectivity index is 2.59. The first-order valence-electron chi connectivity index (χ1n) is 5.52. The summed E-state index contributed by atoms with van der Waals surface area (Å²) < 4.78 is 1.97. The molecule has 0 amide bonds. The van der Waals surface area contributed by atoms with Gasteiger partial charge in [-0.2, -0.15) is 5.10 Å². The van der Waals surface area contributed by atoms with E-state index in [2.05, 4.69) is 47.9 Å². The van der Waals surface area contributed by atoms with Gasteiger partial charge in [0.25, 0.3) is 0 Å². The van der Waals surface area contributed by atoms with Gasteiger partial charge in [0.1, 0.15) is 0 Å². The van der Waals surface area contributed by atoms with Crippen LogP contribution in [-0.4, -0.2) is 15.1 Å². The standard InChI is InChI=1S/C12H21BrN2/c1-10(2)12(3,9-13)7-5-11-6-8-14-15(11)4/h6,8,10H,5,7,9H2,1-4H3. The third-order valence-electron chi connectivity index (χ3n) is 3.57. The lowest BCUT2D eigenvalue weighted by Gasteiger charge is -2.31. The summed E-state index contributed by atoms with van der Waals surface area (Å²) in [5, 5.41) is 5.26. The summed E-state index contributed by atoms with van der Waals surface area (Å²) in [5.41, 5.74) is 1.70. The monoisotopic (exact) mass is 272 g/mol. The molecule has 0 saturated carbocycles. The molecule has 0 aliphatic heterocycles. The second kappa shape index (κ2) is 5.15. The van der Waals surface area contributed by atoms with Crippen LogP contribution in [0.4, 0.5) is 0 Å². The number of rotatable bonds is 5. The first kappa shape index (κ1) is 12.8. The fourth-order valence-corrected chi connectivity index (χ4v) is 2.50. The highest BCUT2D eigenvalue weighted by Gasteiger charge is 2.26. The Hall–Kier alpha value is -0.310. The molecule has 1 aromatic rings. The molecular weight excluding hydrogens is 252 g/mol. The predicted octanol–water partition coefficient (Wildman–Crippen LogP) is 3.41. The molecule has 15 heavy (non-hydrogen) atoms. The van der Waals surface area contributed by atoms with E-state index in [0.717, 1.165) is 11.8 Å². The Bertz CT molecular complexity index is 306. The molecule has 3 heteroatoms. The third-order valence-corrected chi connectivity index (χ3v) is 4.85. The highest BCUT2D eigenvalue weighted by atomic mass is 79.9. The fourth-order valence-electron chi connectivity index (χ4n) is 1.57. The number of halogens is 1. The first-order chi connectivity index (χ1) is 6.99. The quantitative estimate of drug-likeness (QED) is 0.752. The van der Waals surface area contributed by atoms with Crippen molar-refractivity contribution >= 4 is 15.9 Å². The van der Waals surface area contributed by atoms with Crippen molar-refractivity contribution in [2.45, 2.75) is 33.6 Å². The second-order valence-electron chi connectivity index (χ2n) is 4.89. The Morgan fingerprint density at radius 3 is 2.60 bits per heavy atom. The minimum absolute atomic E-state index is 0.379. The normalized spacial score (nSPS) is 15.6. The van der Waals surface area contributed by atoms with Crippen LogP contribution in [0.5, 0.6) is 0 Å². The maximum atomic E-state index is 4.19. The van der Waals surface area contributed by atoms with Gasteiger partial charge in [-0.1, -0.05) is 36.7 Å². The summed E-state index contributed by atoms with van der Waals surface area (Å²) >= 11 is 3.63. The lowest BCUT2D eigenvalue weighted by atomic mass is 9.77. The molecule has 0 aromatic carbocycles. The molecule has 0 aliphatic carbocycles. The third kappa shape index (κ3) is 3.07. The van der Waals surface area contributed by atoms with Crippen LogP contribution in [0.25, 0.3) is 0 Å². The number of alkyl halides is 1. The molecule has 0 radical (unpaired) electrons. The second-order valence-corrected chi connectivity index (χ2v) is 5.45. The van der Waals surface area contributed by atoms with E-state index in [4.69, 9.17) is 0 Å². The molecule has 0 aliphatic rings. The van der Waals surface area contributed by atoms with Crippen LogP contribution in [0.3, 0.4) is 0 Å². The number of aromatic nitrogens is 2. The number of hydrogen-bond acceptors (Lipinski definition) is 1. The summed E-state index contributed by atoms with van der Waals surface area (Å²) in [4.78, 5) is 0. The van der Waals surface area contributed by atoms with Gasteiger partial charge < -0.3 is 0 Å². The number of hydrogen-bond donors (Lipinski definition) is 0. The molecule has 1 atom stereocenters. The van der Waals surface area contributed by atoms with E-state index >= 15 is 0 Å². The van der Waals surface area contributed by atoms with Gasteiger partial charge in [0.05, 0.1) is 0 Å². The first-order valence-corrected chi connectivity index (χ1v) is 6.64. The Labute approximate surface area is 101 Å². The Morgan fingerprint density at radius 2 is 2.20 bits per heavy atom. The molecule has 0 N–H and O–H groups in total. The van der Waals surface area contributed by atoms with Gasteiger partial charge in [-0.05, 0) is 30.2 Å². The summed E-state index contributed by atoms with van der Waals surface area (Å²) in [5.74, 6) is 0.699. The lowest BCUT2D eigenvalue weighted by molar-refractivity contribution is 0.237. The predicted molar refractivity (Wildman–Crippen MR) is 68.3 cm³/mol. The SMILES string of the molecule is CC(C)C(C)(CBr)CCc1ccnn1C. The Kier molecular flexibility index (Phi) is 4.38. The number of nitrogens with zero attached hydrogens (tertiary/aromatic N) is 2. The average molecular weight is 273 g/mol. The van der Waals surface area contributed by atoms with E-state index in [1.165, 1.54) is 12.1 Å². The molecular formula is C12H21BrN2. The molecule has 0 fully saturated rings. The lowest BCUT2D eigenvalue weighted by Crippen LogP contribution is -2.26. The smallest absolute Gasteiger partial charge is 0.0492 e. The molecule has 2 nitrogen and oxygen atoms in total. The van der Waals surface area contributed by atoms with E-state index in [1.807, 2.05) is 17.9 Å². The van der Waals surface area contributed by atoms with Crippen LogP contribution in [0.2, 0.25) is 0 Å². The summed E-state index contributed by atoms with van der Waals surface area (Å²) in [6.45, 7) is 6.94. The summed E-state index contributed by atoms with van der Waals surface area (Å²) in [6, 6.07) is 2.11. The summed E-state index contributed by atoms with van der Waals surface area (Å²) in [6.07, 6.45) is 4.18. The van der Waals surface area contributed by atoms with Crippen LogP contribution in [0, 0.1) is 11.3 Å². The van der Waals surface area contributed by atoms with Crippen molar-refractivity contribution in [3.8, 4) is 0 Å². The van der Waals surface area contributed by atoms with Crippen molar-refractivity contribution in [3.63, 3.8) is 0 Å². The topological polar surface area (TPSA) is 17.8 Å². The van der Waals surface area contributed by atoms with Crippen LogP contribution in [0.1, 0.15) is 32.9 Å². The Morgan fingerprint density at radius 1 is 1.53 bits per heavy atom. The van der Waals surface area contributed by atoms with Crippen molar-refractivity contribution in [3.05, 3.63) is 18.0 Å².